The average Bonchev–Trinajstić information content (AvgIpc) is 3.66. The van der Waals surface area contributed by atoms with Crippen LogP contribution in [-0.2, 0) is 23.7 Å². The lowest BCUT2D eigenvalue weighted by atomic mass is 9.74. The highest BCUT2D eigenvalue weighted by atomic mass is 16.7. The first-order valence-electron chi connectivity index (χ1n) is 13.3. The molecular formula is C28H27N3O13. The number of alkyl carbamates (subject to hydrolysis) is 3. The summed E-state index contributed by atoms with van der Waals surface area (Å²) in [4.78, 5) is 48.0. The number of carbonyl (C=O) groups excluding carboxylic acids is 4. The molecule has 3 amide bonds. The summed E-state index contributed by atoms with van der Waals surface area (Å²) in [6.07, 6.45) is -6.18. The Morgan fingerprint density at radius 3 is 2.02 bits per heavy atom. The molecule has 16 heteroatoms. The van der Waals surface area contributed by atoms with Crippen LogP contribution < -0.4 is 16.0 Å². The van der Waals surface area contributed by atoms with Gasteiger partial charge in [0.1, 0.15) is 12.2 Å². The molecule has 2 aromatic carbocycles. The zero-order valence-electron chi connectivity index (χ0n) is 22.7. The van der Waals surface area contributed by atoms with Gasteiger partial charge >= 0.3 is 24.2 Å². The molecule has 3 heterocycles. The van der Waals surface area contributed by atoms with E-state index in [4.69, 9.17) is 18.9 Å². The Bertz CT molecular complexity index is 1640. The molecule has 232 valence electrons. The first kappa shape index (κ1) is 29.3. The van der Waals surface area contributed by atoms with Gasteiger partial charge in [-0.3, -0.25) is 0 Å². The van der Waals surface area contributed by atoms with Crippen molar-refractivity contribution in [2.24, 2.45) is 0 Å². The zero-order valence-corrected chi connectivity index (χ0v) is 22.7. The van der Waals surface area contributed by atoms with Crippen LogP contribution in [0, 0.1) is 0 Å². The van der Waals surface area contributed by atoms with Crippen LogP contribution in [0.5, 0.6) is 0 Å². The van der Waals surface area contributed by atoms with Crippen molar-refractivity contribution in [3.05, 3.63) is 65.8 Å². The summed E-state index contributed by atoms with van der Waals surface area (Å²) in [5.41, 5.74) is 0.501. The summed E-state index contributed by atoms with van der Waals surface area (Å²) in [5, 5.41) is 63.6. The van der Waals surface area contributed by atoms with Crippen molar-refractivity contribution < 1.29 is 63.7 Å². The maximum absolute atomic E-state index is 12.5. The maximum Gasteiger partial charge on any atom is 0.410 e. The highest BCUT2D eigenvalue weighted by Gasteiger charge is 2.54. The van der Waals surface area contributed by atoms with E-state index in [9.17, 15) is 44.7 Å². The van der Waals surface area contributed by atoms with E-state index in [1.165, 1.54) is 18.2 Å². The monoisotopic (exact) mass is 613 g/mol. The Kier molecular flexibility index (Phi) is 6.78. The molecule has 0 spiro atoms. The van der Waals surface area contributed by atoms with Gasteiger partial charge < -0.3 is 60.4 Å². The van der Waals surface area contributed by atoms with Gasteiger partial charge in [-0.05, 0) is 45.2 Å². The van der Waals surface area contributed by atoms with Crippen LogP contribution in [0.1, 0.15) is 28.7 Å². The molecule has 7 atom stereocenters. The molecule has 0 radical (unpaired) electrons. The first-order chi connectivity index (χ1) is 20.8. The summed E-state index contributed by atoms with van der Waals surface area (Å²) in [7, 11) is 0. The molecule has 7 unspecified atom stereocenters. The number of amides is 3. The van der Waals surface area contributed by atoms with Gasteiger partial charge in [0.25, 0.3) is 17.4 Å². The molecule has 2 aromatic rings. The topological polar surface area (TPSA) is 242 Å². The minimum Gasteiger partial charge on any atom is -0.451 e. The summed E-state index contributed by atoms with van der Waals surface area (Å²) < 4.78 is 20.5. The van der Waals surface area contributed by atoms with Gasteiger partial charge in [-0.2, -0.15) is 0 Å². The summed E-state index contributed by atoms with van der Waals surface area (Å²) in [6, 6.07) is 7.70. The number of cyclic esters (lactones) is 3. The largest absolute Gasteiger partial charge is 0.451 e. The molecule has 6 rings (SSSR count). The normalized spacial score (nSPS) is 31.0. The van der Waals surface area contributed by atoms with Crippen molar-refractivity contribution in [3.63, 3.8) is 0 Å². The van der Waals surface area contributed by atoms with Crippen LogP contribution in [0.15, 0.2) is 49.1 Å². The number of ether oxygens (including phenoxy) is 4. The molecule has 44 heavy (non-hydrogen) atoms. The molecule has 0 saturated carbocycles. The van der Waals surface area contributed by atoms with E-state index < -0.39 is 85.5 Å². The van der Waals surface area contributed by atoms with Crippen molar-refractivity contribution >= 4 is 40.6 Å². The van der Waals surface area contributed by atoms with E-state index in [1.807, 2.05) is 0 Å². The van der Waals surface area contributed by atoms with Gasteiger partial charge in [-0.25, -0.2) is 19.2 Å². The van der Waals surface area contributed by atoms with Crippen LogP contribution in [0.25, 0.3) is 16.3 Å². The van der Waals surface area contributed by atoms with Crippen molar-refractivity contribution in [1.29, 1.82) is 0 Å². The van der Waals surface area contributed by atoms with E-state index in [2.05, 4.69) is 22.5 Å². The standard InChI is InChI=1S/C28H27N3O13/c1-2-18(32)41-22(28(40)11-31-25(37)44-28)17-8-16(21(34)27(39)10-30-24(36)43-27)15-7-13(6-12-4-3-5-14(17)19(12)15)20(33)26(38)9-29-23(35)42-26/h2-8,17,20-22,33-34,38-40H,1,9-11H2,(H,29,35)(H,30,36)(H,31,37). The van der Waals surface area contributed by atoms with Crippen LogP contribution in [-0.4, -0.2) is 99.0 Å². The first-order valence-corrected chi connectivity index (χ1v) is 13.3. The van der Waals surface area contributed by atoms with Crippen molar-refractivity contribution in [3.8, 4) is 0 Å². The van der Waals surface area contributed by atoms with E-state index >= 15 is 0 Å². The Morgan fingerprint density at radius 1 is 0.909 bits per heavy atom. The number of aliphatic hydroxyl groups is 5. The lowest BCUT2D eigenvalue weighted by molar-refractivity contribution is -0.215. The number of rotatable bonds is 8. The SMILES string of the molecule is C=CC(=O)OC(C1C=C(C(O)C2(O)CNC(=O)O2)c2cc(C(O)C3(O)CNC(=O)O3)cc3cccc1c23)C1(O)CNC(=O)O1. The minimum absolute atomic E-state index is 0.0379. The van der Waals surface area contributed by atoms with Gasteiger partial charge in [-0.1, -0.05) is 30.9 Å². The number of aliphatic hydroxyl groups excluding tert-OH is 2. The minimum atomic E-state index is -2.49. The molecule has 4 aliphatic rings. The fourth-order valence-corrected chi connectivity index (χ4v) is 5.89. The van der Waals surface area contributed by atoms with Crippen molar-refractivity contribution in [2.75, 3.05) is 19.6 Å². The van der Waals surface area contributed by atoms with E-state index in [0.29, 0.717) is 16.3 Å². The highest BCUT2D eigenvalue weighted by Crippen LogP contribution is 2.47. The predicted molar refractivity (Wildman–Crippen MR) is 144 cm³/mol. The van der Waals surface area contributed by atoms with E-state index in [1.54, 1.807) is 18.2 Å². The molecule has 0 bridgehead atoms. The number of nitrogens with one attached hydrogen (secondary N) is 3. The van der Waals surface area contributed by atoms with Crippen molar-refractivity contribution in [2.45, 2.75) is 41.6 Å². The van der Waals surface area contributed by atoms with Gasteiger partial charge in [0.05, 0.1) is 19.6 Å². The number of hydrogen-bond donors (Lipinski definition) is 8. The van der Waals surface area contributed by atoms with Gasteiger partial charge in [-0.15, -0.1) is 0 Å². The Morgan fingerprint density at radius 2 is 1.48 bits per heavy atom. The Labute approximate surface area is 247 Å². The second-order valence-corrected chi connectivity index (χ2v) is 10.8. The Hall–Kier alpha value is -4.74. The van der Waals surface area contributed by atoms with Crippen LogP contribution in [0.2, 0.25) is 0 Å². The third kappa shape index (κ3) is 4.68. The highest BCUT2D eigenvalue weighted by molar-refractivity contribution is 6.00. The molecule has 3 aliphatic heterocycles. The molecule has 0 aromatic heterocycles. The zero-order chi connectivity index (χ0) is 31.6. The number of β-amino-alcohol motifs (C(OH)–C–C–N with tert-alkyl or cyclic N) is 3. The number of hydrogen-bond acceptors (Lipinski definition) is 13. The smallest absolute Gasteiger partial charge is 0.410 e. The Balaban J connectivity index is 1.56. The number of esters is 1. The predicted octanol–water partition coefficient (Wildman–Crippen LogP) is -0.902. The van der Waals surface area contributed by atoms with E-state index in [0.717, 1.165) is 6.08 Å². The second-order valence-electron chi connectivity index (χ2n) is 10.8. The molecule has 1 aliphatic carbocycles. The fourth-order valence-electron chi connectivity index (χ4n) is 5.89. The summed E-state index contributed by atoms with van der Waals surface area (Å²) in [5.74, 6) is -9.37. The lowest BCUT2D eigenvalue weighted by Gasteiger charge is -2.38. The number of carbonyl (C=O) groups is 4. The van der Waals surface area contributed by atoms with Crippen LogP contribution in [0.3, 0.4) is 0 Å². The maximum atomic E-state index is 12.5. The number of benzene rings is 2. The molecule has 3 saturated heterocycles. The molecule has 3 fully saturated rings. The summed E-state index contributed by atoms with van der Waals surface area (Å²) in [6.45, 7) is 1.94. The van der Waals surface area contributed by atoms with Crippen LogP contribution in [0.4, 0.5) is 14.4 Å². The third-order valence-electron chi connectivity index (χ3n) is 7.97. The second kappa shape index (κ2) is 10.2. The van der Waals surface area contributed by atoms with Gasteiger partial charge in [0, 0.05) is 12.0 Å². The fraction of sp³-hybridized carbons (Fsp3) is 0.357. The summed E-state index contributed by atoms with van der Waals surface area (Å²) >= 11 is 0. The molecule has 16 nitrogen and oxygen atoms in total. The molecular weight excluding hydrogens is 586 g/mol. The quantitative estimate of drug-likeness (QED) is 0.102. The third-order valence-corrected chi connectivity index (χ3v) is 7.97. The van der Waals surface area contributed by atoms with E-state index in [-0.39, 0.29) is 16.7 Å². The van der Waals surface area contributed by atoms with Gasteiger partial charge in [0.2, 0.25) is 0 Å². The molecule has 8 N–H and O–H groups in total. The van der Waals surface area contributed by atoms with Crippen LogP contribution >= 0.6 is 0 Å². The van der Waals surface area contributed by atoms with Gasteiger partial charge in [0.15, 0.2) is 6.10 Å². The average molecular weight is 614 g/mol. The van der Waals surface area contributed by atoms with Crippen molar-refractivity contribution in [1.82, 2.24) is 16.0 Å². The lowest BCUT2D eigenvalue weighted by Crippen LogP contribution is -2.51.